The second kappa shape index (κ2) is 6.18. The van der Waals surface area contributed by atoms with Gasteiger partial charge in [0.2, 0.25) is 5.91 Å². The summed E-state index contributed by atoms with van der Waals surface area (Å²) in [6, 6.07) is 9.53. The molecular formula is C15H16NO3-. The Bertz CT molecular complexity index is 481. The van der Waals surface area contributed by atoms with E-state index in [1.165, 1.54) is 0 Å². The lowest BCUT2D eigenvalue weighted by Crippen LogP contribution is -2.43. The van der Waals surface area contributed by atoms with Gasteiger partial charge < -0.3 is 15.2 Å². The van der Waals surface area contributed by atoms with E-state index in [1.807, 2.05) is 36.4 Å². The van der Waals surface area contributed by atoms with Crippen molar-refractivity contribution >= 4 is 11.9 Å². The molecule has 0 saturated carbocycles. The van der Waals surface area contributed by atoms with Crippen molar-refractivity contribution in [2.45, 2.75) is 19.4 Å². The highest BCUT2D eigenvalue weighted by Gasteiger charge is 2.29. The summed E-state index contributed by atoms with van der Waals surface area (Å²) >= 11 is 0. The minimum absolute atomic E-state index is 0.220. The average Bonchev–Trinajstić information content (AvgIpc) is 2.46. The molecule has 0 fully saturated rings. The molecule has 0 radical (unpaired) electrons. The van der Waals surface area contributed by atoms with Crippen LogP contribution < -0.4 is 10.4 Å². The highest BCUT2D eigenvalue weighted by atomic mass is 16.4. The summed E-state index contributed by atoms with van der Waals surface area (Å²) < 4.78 is 0. The molecule has 0 spiro atoms. The predicted molar refractivity (Wildman–Crippen MR) is 68.6 cm³/mol. The van der Waals surface area contributed by atoms with Crippen molar-refractivity contribution in [3.8, 4) is 0 Å². The van der Waals surface area contributed by atoms with Crippen LogP contribution in [0.2, 0.25) is 0 Å². The zero-order chi connectivity index (χ0) is 13.7. The summed E-state index contributed by atoms with van der Waals surface area (Å²) in [4.78, 5) is 23.1. The number of hydrogen-bond donors (Lipinski definition) is 1. The van der Waals surface area contributed by atoms with Crippen LogP contribution in [0.5, 0.6) is 0 Å². The molecular weight excluding hydrogens is 242 g/mol. The highest BCUT2D eigenvalue weighted by Crippen LogP contribution is 2.25. The first kappa shape index (κ1) is 13.3. The SMILES string of the molecule is O=C(NCc1ccccc1)[C@H]1CC=CC[C@H]1C(=O)[O-]. The maximum absolute atomic E-state index is 12.1. The summed E-state index contributed by atoms with van der Waals surface area (Å²) in [6.45, 7) is 0.416. The van der Waals surface area contributed by atoms with Crippen LogP contribution in [0.25, 0.3) is 0 Å². The van der Waals surface area contributed by atoms with Crippen molar-refractivity contribution < 1.29 is 14.7 Å². The largest absolute Gasteiger partial charge is 0.550 e. The first-order valence-electron chi connectivity index (χ1n) is 6.36. The van der Waals surface area contributed by atoms with Crippen molar-refractivity contribution in [3.05, 3.63) is 48.0 Å². The maximum Gasteiger partial charge on any atom is 0.224 e. The molecule has 1 aliphatic carbocycles. The van der Waals surface area contributed by atoms with Crippen LogP contribution >= 0.6 is 0 Å². The van der Waals surface area contributed by atoms with Crippen LogP contribution in [0.15, 0.2) is 42.5 Å². The number of hydrogen-bond acceptors (Lipinski definition) is 3. The predicted octanol–water partition coefficient (Wildman–Crippen LogP) is 0.635. The summed E-state index contributed by atoms with van der Waals surface area (Å²) in [7, 11) is 0. The van der Waals surface area contributed by atoms with Gasteiger partial charge in [-0.15, -0.1) is 0 Å². The van der Waals surface area contributed by atoms with E-state index in [4.69, 9.17) is 0 Å². The molecule has 2 rings (SSSR count). The summed E-state index contributed by atoms with van der Waals surface area (Å²) in [5.74, 6) is -2.62. The van der Waals surface area contributed by atoms with Gasteiger partial charge in [0.25, 0.3) is 0 Å². The zero-order valence-electron chi connectivity index (χ0n) is 10.5. The molecule has 0 aromatic heterocycles. The molecule has 0 aliphatic heterocycles. The molecule has 1 aromatic carbocycles. The topological polar surface area (TPSA) is 69.2 Å². The van der Waals surface area contributed by atoms with Gasteiger partial charge in [0.1, 0.15) is 0 Å². The van der Waals surface area contributed by atoms with Gasteiger partial charge in [-0.05, 0) is 18.4 Å². The second-order valence-corrected chi connectivity index (χ2v) is 4.68. The first-order valence-corrected chi connectivity index (χ1v) is 6.36. The fraction of sp³-hybridized carbons (Fsp3) is 0.333. The molecule has 0 unspecified atom stereocenters. The van der Waals surface area contributed by atoms with Gasteiger partial charge in [-0.3, -0.25) is 4.79 Å². The lowest BCUT2D eigenvalue weighted by Gasteiger charge is -2.28. The number of carboxylic acid groups (broad SMARTS) is 1. The van der Waals surface area contributed by atoms with Gasteiger partial charge >= 0.3 is 0 Å². The Morgan fingerprint density at radius 2 is 1.74 bits per heavy atom. The molecule has 1 aromatic rings. The van der Waals surface area contributed by atoms with E-state index in [1.54, 1.807) is 6.08 Å². The normalized spacial score (nSPS) is 21.9. The number of aliphatic carboxylic acids is 1. The monoisotopic (exact) mass is 258 g/mol. The Kier molecular flexibility index (Phi) is 4.34. The fourth-order valence-electron chi connectivity index (χ4n) is 2.28. The third-order valence-electron chi connectivity index (χ3n) is 3.38. The number of carbonyl (C=O) groups is 2. The van der Waals surface area contributed by atoms with Crippen LogP contribution in [-0.2, 0) is 16.1 Å². The zero-order valence-corrected chi connectivity index (χ0v) is 10.5. The molecule has 1 N–H and O–H groups in total. The molecule has 19 heavy (non-hydrogen) atoms. The molecule has 0 bridgehead atoms. The van der Waals surface area contributed by atoms with Gasteiger partial charge in [-0.1, -0.05) is 42.5 Å². The van der Waals surface area contributed by atoms with E-state index in [-0.39, 0.29) is 5.91 Å². The van der Waals surface area contributed by atoms with Gasteiger partial charge in [0.15, 0.2) is 0 Å². The molecule has 100 valence electrons. The Balaban J connectivity index is 1.95. The maximum atomic E-state index is 12.1. The lowest BCUT2D eigenvalue weighted by molar-refractivity contribution is -0.313. The first-order chi connectivity index (χ1) is 9.18. The summed E-state index contributed by atoms with van der Waals surface area (Å²) in [6.07, 6.45) is 4.47. The molecule has 4 nitrogen and oxygen atoms in total. The highest BCUT2D eigenvalue weighted by molar-refractivity contribution is 5.84. The Morgan fingerprint density at radius 3 is 2.37 bits per heavy atom. The van der Waals surface area contributed by atoms with E-state index < -0.39 is 17.8 Å². The fourth-order valence-corrected chi connectivity index (χ4v) is 2.28. The van der Waals surface area contributed by atoms with E-state index in [9.17, 15) is 14.7 Å². The van der Waals surface area contributed by atoms with Crippen molar-refractivity contribution in [1.82, 2.24) is 5.32 Å². The Labute approximate surface area is 112 Å². The molecule has 1 amide bonds. The van der Waals surface area contributed by atoms with Gasteiger partial charge in [-0.25, -0.2) is 0 Å². The van der Waals surface area contributed by atoms with Crippen LogP contribution in [-0.4, -0.2) is 11.9 Å². The van der Waals surface area contributed by atoms with E-state index in [0.29, 0.717) is 19.4 Å². The number of carboxylic acids is 1. The molecule has 1 aliphatic rings. The number of amides is 1. The third-order valence-corrected chi connectivity index (χ3v) is 3.38. The second-order valence-electron chi connectivity index (χ2n) is 4.68. The lowest BCUT2D eigenvalue weighted by atomic mass is 9.82. The minimum Gasteiger partial charge on any atom is -0.550 e. The number of benzene rings is 1. The van der Waals surface area contributed by atoms with E-state index in [0.717, 1.165) is 5.56 Å². The molecule has 0 heterocycles. The quantitative estimate of drug-likeness (QED) is 0.806. The van der Waals surface area contributed by atoms with Crippen molar-refractivity contribution in [2.75, 3.05) is 0 Å². The van der Waals surface area contributed by atoms with Gasteiger partial charge in [0, 0.05) is 24.3 Å². The van der Waals surface area contributed by atoms with Crippen LogP contribution in [0.4, 0.5) is 0 Å². The van der Waals surface area contributed by atoms with Crippen LogP contribution in [0.3, 0.4) is 0 Å². The van der Waals surface area contributed by atoms with Crippen molar-refractivity contribution in [2.24, 2.45) is 11.8 Å². The number of allylic oxidation sites excluding steroid dienone is 2. The Morgan fingerprint density at radius 1 is 1.11 bits per heavy atom. The van der Waals surface area contributed by atoms with Crippen molar-refractivity contribution in [3.63, 3.8) is 0 Å². The average molecular weight is 258 g/mol. The summed E-state index contributed by atoms with van der Waals surface area (Å²) in [5, 5.41) is 13.8. The van der Waals surface area contributed by atoms with Crippen molar-refractivity contribution in [1.29, 1.82) is 0 Å². The number of rotatable bonds is 4. The molecule has 4 heteroatoms. The molecule has 0 saturated heterocycles. The minimum atomic E-state index is -1.15. The van der Waals surface area contributed by atoms with E-state index >= 15 is 0 Å². The van der Waals surface area contributed by atoms with Crippen LogP contribution in [0.1, 0.15) is 18.4 Å². The standard InChI is InChI=1S/C15H17NO3/c17-14(16-10-11-6-2-1-3-7-11)12-8-4-5-9-13(12)15(18)19/h1-7,12-13H,8-10H2,(H,16,17)(H,18,19)/p-1/t12-,13+/m0/s1. The van der Waals surface area contributed by atoms with Gasteiger partial charge in [0.05, 0.1) is 0 Å². The number of nitrogens with one attached hydrogen (secondary N) is 1. The van der Waals surface area contributed by atoms with Crippen LogP contribution in [0, 0.1) is 11.8 Å². The van der Waals surface area contributed by atoms with E-state index in [2.05, 4.69) is 5.32 Å². The van der Waals surface area contributed by atoms with Gasteiger partial charge in [-0.2, -0.15) is 0 Å². The number of carbonyl (C=O) groups excluding carboxylic acids is 2. The Hall–Kier alpha value is -2.10. The molecule has 2 atom stereocenters. The smallest absolute Gasteiger partial charge is 0.224 e. The third kappa shape index (κ3) is 3.44. The summed E-state index contributed by atoms with van der Waals surface area (Å²) in [5.41, 5.74) is 0.993.